The monoisotopic (exact) mass is 233 g/mol. The van der Waals surface area contributed by atoms with E-state index in [9.17, 15) is 8.78 Å². The summed E-state index contributed by atoms with van der Waals surface area (Å²) in [4.78, 5) is 0. The molecule has 0 aliphatic heterocycles. The first-order valence-corrected chi connectivity index (χ1v) is 5.27. The van der Waals surface area contributed by atoms with Gasteiger partial charge in [-0.15, -0.1) is 0 Å². The van der Waals surface area contributed by atoms with E-state index in [1.807, 2.05) is 6.92 Å². The highest BCUT2D eigenvalue weighted by molar-refractivity contribution is 6.30. The van der Waals surface area contributed by atoms with Crippen LogP contribution in [0.15, 0.2) is 24.3 Å². The van der Waals surface area contributed by atoms with Crippen molar-refractivity contribution in [3.8, 4) is 0 Å². The summed E-state index contributed by atoms with van der Waals surface area (Å²) in [5, 5.41) is 3.38. The molecule has 4 heteroatoms. The largest absolute Gasteiger partial charge is 0.309 e. The maximum atomic E-state index is 12.6. The Kier molecular flexibility index (Phi) is 4.99. The van der Waals surface area contributed by atoms with E-state index in [0.717, 1.165) is 5.56 Å². The van der Waals surface area contributed by atoms with Crippen molar-refractivity contribution in [3.05, 3.63) is 34.9 Å². The molecule has 1 N–H and O–H groups in total. The van der Waals surface area contributed by atoms with Crippen molar-refractivity contribution in [2.45, 2.75) is 25.8 Å². The summed E-state index contributed by atoms with van der Waals surface area (Å²) >= 11 is 5.71. The molecule has 1 aromatic rings. The quantitative estimate of drug-likeness (QED) is 0.824. The van der Waals surface area contributed by atoms with E-state index in [4.69, 9.17) is 11.6 Å². The first-order chi connectivity index (χ1) is 7.13. The van der Waals surface area contributed by atoms with Crippen LogP contribution in [-0.4, -0.2) is 19.0 Å². The zero-order valence-electron chi connectivity index (χ0n) is 8.51. The van der Waals surface area contributed by atoms with Crippen LogP contribution in [0.1, 0.15) is 12.5 Å². The van der Waals surface area contributed by atoms with Gasteiger partial charge in [0, 0.05) is 5.02 Å². The van der Waals surface area contributed by atoms with Crippen LogP contribution in [0, 0.1) is 0 Å². The molecule has 0 heterocycles. The minimum absolute atomic E-state index is 0.322. The van der Waals surface area contributed by atoms with Crippen LogP contribution in [0.25, 0.3) is 0 Å². The third kappa shape index (κ3) is 4.14. The summed E-state index contributed by atoms with van der Waals surface area (Å²) in [7, 11) is 0. The summed E-state index contributed by atoms with van der Waals surface area (Å²) in [6, 6.07) is 6.19. The van der Waals surface area contributed by atoms with Crippen LogP contribution < -0.4 is 5.32 Å². The fraction of sp³-hybridized carbons (Fsp3) is 0.455. The summed E-state index contributed by atoms with van der Waals surface area (Å²) in [6.45, 7) is 2.36. The van der Waals surface area contributed by atoms with E-state index in [-0.39, 0.29) is 0 Å². The molecular weight excluding hydrogens is 220 g/mol. The zero-order chi connectivity index (χ0) is 11.3. The van der Waals surface area contributed by atoms with E-state index in [0.29, 0.717) is 18.0 Å². The van der Waals surface area contributed by atoms with Gasteiger partial charge in [0.15, 0.2) is 0 Å². The van der Waals surface area contributed by atoms with Gasteiger partial charge in [-0.3, -0.25) is 0 Å². The van der Waals surface area contributed by atoms with Crippen molar-refractivity contribution in [1.29, 1.82) is 0 Å². The highest BCUT2D eigenvalue weighted by Crippen LogP contribution is 2.13. The molecular formula is C11H14ClF2N. The number of halogens is 3. The summed E-state index contributed by atoms with van der Waals surface area (Å²) in [5.74, 6) is 0. The molecule has 0 aliphatic rings. The minimum atomic E-state index is -2.35. The summed E-state index contributed by atoms with van der Waals surface area (Å²) in [5.41, 5.74) is 0.866. The first-order valence-electron chi connectivity index (χ1n) is 4.89. The van der Waals surface area contributed by atoms with Crippen molar-refractivity contribution in [1.82, 2.24) is 5.32 Å². The minimum Gasteiger partial charge on any atom is -0.309 e. The smallest absolute Gasteiger partial charge is 0.254 e. The molecule has 0 saturated heterocycles. The van der Waals surface area contributed by atoms with Gasteiger partial charge < -0.3 is 5.32 Å². The van der Waals surface area contributed by atoms with Gasteiger partial charge in [-0.05, 0) is 30.7 Å². The topological polar surface area (TPSA) is 12.0 Å². The molecule has 1 nitrogen and oxygen atoms in total. The van der Waals surface area contributed by atoms with Crippen molar-refractivity contribution < 1.29 is 8.78 Å². The molecule has 1 atom stereocenters. The fourth-order valence-corrected chi connectivity index (χ4v) is 1.51. The van der Waals surface area contributed by atoms with Crippen molar-refractivity contribution >= 4 is 11.6 Å². The van der Waals surface area contributed by atoms with E-state index < -0.39 is 12.5 Å². The molecule has 0 radical (unpaired) electrons. The highest BCUT2D eigenvalue weighted by atomic mass is 35.5. The average molecular weight is 234 g/mol. The van der Waals surface area contributed by atoms with E-state index in [1.54, 1.807) is 24.3 Å². The van der Waals surface area contributed by atoms with Gasteiger partial charge in [0.1, 0.15) is 0 Å². The van der Waals surface area contributed by atoms with Crippen molar-refractivity contribution in [2.24, 2.45) is 0 Å². The summed E-state index contributed by atoms with van der Waals surface area (Å²) < 4.78 is 25.1. The lowest BCUT2D eigenvalue weighted by molar-refractivity contribution is 0.0991. The number of likely N-dealkylation sites (N-methyl/N-ethyl adjacent to an activating group) is 1. The molecule has 84 valence electrons. The number of hydrogen-bond acceptors (Lipinski definition) is 1. The van der Waals surface area contributed by atoms with Crippen LogP contribution in [0.4, 0.5) is 8.78 Å². The predicted molar refractivity (Wildman–Crippen MR) is 58.6 cm³/mol. The molecule has 0 saturated carbocycles. The Bertz CT molecular complexity index is 287. The van der Waals surface area contributed by atoms with Gasteiger partial charge in [-0.25, -0.2) is 8.78 Å². The van der Waals surface area contributed by atoms with Crippen LogP contribution in [-0.2, 0) is 6.42 Å². The van der Waals surface area contributed by atoms with E-state index >= 15 is 0 Å². The zero-order valence-corrected chi connectivity index (χ0v) is 9.27. The second-order valence-corrected chi connectivity index (χ2v) is 3.77. The fourth-order valence-electron chi connectivity index (χ4n) is 1.39. The molecule has 15 heavy (non-hydrogen) atoms. The van der Waals surface area contributed by atoms with E-state index in [1.165, 1.54) is 0 Å². The second kappa shape index (κ2) is 6.03. The highest BCUT2D eigenvalue weighted by Gasteiger charge is 2.19. The molecule has 0 aromatic heterocycles. The Hall–Kier alpha value is -0.670. The van der Waals surface area contributed by atoms with Gasteiger partial charge >= 0.3 is 0 Å². The lowest BCUT2D eigenvalue weighted by Crippen LogP contribution is -2.37. The lowest BCUT2D eigenvalue weighted by Gasteiger charge is -2.16. The number of nitrogens with one attached hydrogen (secondary N) is 1. The van der Waals surface area contributed by atoms with Gasteiger partial charge in [-0.2, -0.15) is 0 Å². The Morgan fingerprint density at radius 2 is 1.87 bits per heavy atom. The van der Waals surface area contributed by atoms with Crippen LogP contribution in [0.5, 0.6) is 0 Å². The predicted octanol–water partition coefficient (Wildman–Crippen LogP) is 3.13. The van der Waals surface area contributed by atoms with Gasteiger partial charge in [0.2, 0.25) is 0 Å². The Morgan fingerprint density at radius 3 is 2.33 bits per heavy atom. The Balaban J connectivity index is 2.61. The van der Waals surface area contributed by atoms with Crippen molar-refractivity contribution in [2.75, 3.05) is 6.54 Å². The maximum Gasteiger partial charge on any atom is 0.254 e. The third-order valence-corrected chi connectivity index (χ3v) is 2.39. The number of benzene rings is 1. The van der Waals surface area contributed by atoms with Gasteiger partial charge in [0.25, 0.3) is 6.43 Å². The lowest BCUT2D eigenvalue weighted by atomic mass is 10.1. The SMILES string of the molecule is CCNC(Cc1ccc(Cl)cc1)C(F)F. The molecule has 0 bridgehead atoms. The molecule has 0 fully saturated rings. The molecule has 1 rings (SSSR count). The number of rotatable bonds is 5. The van der Waals surface area contributed by atoms with Gasteiger partial charge in [0.05, 0.1) is 6.04 Å². The van der Waals surface area contributed by atoms with Crippen LogP contribution >= 0.6 is 11.6 Å². The number of alkyl halides is 2. The van der Waals surface area contributed by atoms with Crippen molar-refractivity contribution in [3.63, 3.8) is 0 Å². The molecule has 0 amide bonds. The maximum absolute atomic E-state index is 12.6. The molecule has 1 aromatic carbocycles. The normalized spacial score (nSPS) is 13.1. The summed E-state index contributed by atoms with van der Waals surface area (Å²) in [6.07, 6.45) is -2.02. The Morgan fingerprint density at radius 1 is 1.27 bits per heavy atom. The standard InChI is InChI=1S/C11H14ClF2N/c1-2-15-10(11(13)14)7-8-3-5-9(12)6-4-8/h3-6,10-11,15H,2,7H2,1H3. The molecule has 0 aliphatic carbocycles. The van der Waals surface area contributed by atoms with Crippen LogP contribution in [0.2, 0.25) is 5.02 Å². The number of hydrogen-bond donors (Lipinski definition) is 1. The second-order valence-electron chi connectivity index (χ2n) is 3.33. The van der Waals surface area contributed by atoms with Crippen LogP contribution in [0.3, 0.4) is 0 Å². The molecule has 0 spiro atoms. The average Bonchev–Trinajstić information content (AvgIpc) is 2.20. The first kappa shape index (κ1) is 12.4. The Labute approximate surface area is 93.4 Å². The van der Waals surface area contributed by atoms with Gasteiger partial charge in [-0.1, -0.05) is 30.7 Å². The van der Waals surface area contributed by atoms with E-state index in [2.05, 4.69) is 5.32 Å². The molecule has 1 unspecified atom stereocenters. The third-order valence-electron chi connectivity index (χ3n) is 2.14.